The van der Waals surface area contributed by atoms with Gasteiger partial charge in [-0.3, -0.25) is 19.5 Å². The molecule has 9 nitrogen and oxygen atoms in total. The zero-order chi connectivity index (χ0) is 26.2. The molecule has 37 heavy (non-hydrogen) atoms. The average molecular weight is 533 g/mol. The zero-order valence-corrected chi connectivity index (χ0v) is 21.2. The van der Waals surface area contributed by atoms with Crippen LogP contribution in [0, 0.1) is 17.0 Å². The lowest BCUT2D eigenvalue weighted by atomic mass is 10.1. The third-order valence-corrected chi connectivity index (χ3v) is 6.30. The molecule has 0 fully saturated rings. The van der Waals surface area contributed by atoms with Gasteiger partial charge >= 0.3 is 0 Å². The summed E-state index contributed by atoms with van der Waals surface area (Å²) in [5.41, 5.74) is 5.69. The van der Waals surface area contributed by atoms with Crippen molar-refractivity contribution < 1.29 is 9.72 Å². The third-order valence-electron chi connectivity index (χ3n) is 5.12. The molecule has 0 aliphatic rings. The molecule has 0 unspecified atom stereocenters. The van der Waals surface area contributed by atoms with Crippen molar-refractivity contribution in [3.8, 4) is 17.1 Å². The Bertz CT molecular complexity index is 1470. The number of hydrazone groups is 1. The maximum atomic E-state index is 12.4. The number of amides is 1. The van der Waals surface area contributed by atoms with Gasteiger partial charge in [-0.05, 0) is 49.4 Å². The van der Waals surface area contributed by atoms with Gasteiger partial charge in [0.1, 0.15) is 0 Å². The van der Waals surface area contributed by atoms with E-state index in [0.29, 0.717) is 21.6 Å². The van der Waals surface area contributed by atoms with Crippen molar-refractivity contribution in [1.82, 2.24) is 20.2 Å². The van der Waals surface area contributed by atoms with Crippen molar-refractivity contribution >= 4 is 47.2 Å². The predicted octanol–water partition coefficient (Wildman–Crippen LogP) is 5.71. The van der Waals surface area contributed by atoms with E-state index in [2.05, 4.69) is 20.7 Å². The summed E-state index contributed by atoms with van der Waals surface area (Å²) in [4.78, 5) is 23.0. The molecule has 4 aromatic rings. The molecule has 1 N–H and O–H groups in total. The number of para-hydroxylation sites is 1. The fraction of sp³-hybridized carbons (Fsp3) is 0.0769. The second-order valence-corrected chi connectivity index (χ2v) is 9.14. The van der Waals surface area contributed by atoms with Crippen LogP contribution in [0.1, 0.15) is 11.1 Å². The largest absolute Gasteiger partial charge is 0.276 e. The Hall–Kier alpha value is -4.28. The quantitative estimate of drug-likeness (QED) is 0.128. The number of nitrogens with zero attached hydrogens (tertiary/aromatic N) is 5. The molecule has 3 aromatic carbocycles. The number of nitro groups is 1. The molecule has 186 valence electrons. The summed E-state index contributed by atoms with van der Waals surface area (Å²) in [6, 6.07) is 21.6. The van der Waals surface area contributed by atoms with Crippen LogP contribution in [0.15, 0.2) is 89.1 Å². The summed E-state index contributed by atoms with van der Waals surface area (Å²) in [5.74, 6) is 0.344. The first-order valence-electron chi connectivity index (χ1n) is 11.1. The van der Waals surface area contributed by atoms with Crippen LogP contribution in [0.3, 0.4) is 0 Å². The maximum absolute atomic E-state index is 12.4. The van der Waals surface area contributed by atoms with Crippen LogP contribution in [-0.2, 0) is 4.79 Å². The topological polar surface area (TPSA) is 115 Å². The van der Waals surface area contributed by atoms with Gasteiger partial charge in [0.25, 0.3) is 11.6 Å². The molecule has 1 aromatic heterocycles. The van der Waals surface area contributed by atoms with Crippen LogP contribution < -0.4 is 5.43 Å². The van der Waals surface area contributed by atoms with Crippen molar-refractivity contribution in [2.24, 2.45) is 5.10 Å². The molecule has 0 spiro atoms. The smallest absolute Gasteiger partial charge is 0.272 e. The first-order chi connectivity index (χ1) is 17.9. The van der Waals surface area contributed by atoms with E-state index in [9.17, 15) is 14.9 Å². The van der Waals surface area contributed by atoms with Gasteiger partial charge in [-0.2, -0.15) is 5.10 Å². The van der Waals surface area contributed by atoms with Crippen LogP contribution >= 0.6 is 23.4 Å². The molecular formula is C26H21ClN6O3S. The fourth-order valence-corrected chi connectivity index (χ4v) is 4.20. The summed E-state index contributed by atoms with van der Waals surface area (Å²) in [5, 5.41) is 24.8. The minimum atomic E-state index is -0.456. The van der Waals surface area contributed by atoms with Crippen LogP contribution in [0.25, 0.3) is 23.2 Å². The average Bonchev–Trinajstić information content (AvgIpc) is 3.32. The highest BCUT2D eigenvalue weighted by Gasteiger charge is 2.17. The van der Waals surface area contributed by atoms with E-state index in [1.165, 1.54) is 30.1 Å². The minimum Gasteiger partial charge on any atom is -0.272 e. The van der Waals surface area contributed by atoms with E-state index >= 15 is 0 Å². The molecule has 0 radical (unpaired) electrons. The zero-order valence-electron chi connectivity index (χ0n) is 19.6. The van der Waals surface area contributed by atoms with Crippen LogP contribution in [0.4, 0.5) is 5.69 Å². The van der Waals surface area contributed by atoms with Gasteiger partial charge in [0.2, 0.25) is 0 Å². The van der Waals surface area contributed by atoms with E-state index in [0.717, 1.165) is 16.8 Å². The molecule has 0 bridgehead atoms. The number of aryl methyl sites for hydroxylation is 1. The maximum Gasteiger partial charge on any atom is 0.276 e. The van der Waals surface area contributed by atoms with Crippen LogP contribution in [0.5, 0.6) is 0 Å². The summed E-state index contributed by atoms with van der Waals surface area (Å²) in [6.07, 6.45) is 4.41. The number of aromatic nitrogens is 3. The molecule has 0 saturated heterocycles. The number of carbonyl (C=O) groups excluding carboxylic acids is 1. The van der Waals surface area contributed by atoms with Crippen LogP contribution in [0.2, 0.25) is 5.02 Å². The van der Waals surface area contributed by atoms with Gasteiger partial charge in [0, 0.05) is 28.6 Å². The number of hydrogen-bond donors (Lipinski definition) is 1. The highest BCUT2D eigenvalue weighted by Crippen LogP contribution is 2.28. The molecule has 0 saturated carbocycles. The van der Waals surface area contributed by atoms with Crippen molar-refractivity contribution in [2.45, 2.75) is 12.1 Å². The number of hydrogen-bond acceptors (Lipinski definition) is 7. The van der Waals surface area contributed by atoms with E-state index < -0.39 is 4.92 Å². The number of allylic oxidation sites excluding steroid dienone is 1. The van der Waals surface area contributed by atoms with Crippen molar-refractivity contribution in [3.05, 3.63) is 105 Å². The second-order valence-electron chi connectivity index (χ2n) is 7.76. The SMILES string of the molecule is Cc1ccc(-c2nnc(SCC(=O)NN=CC=Cc3ccccc3[N+](=O)[O-])n2-c2ccc(Cl)cc2)cc1. The van der Waals surface area contributed by atoms with Gasteiger partial charge < -0.3 is 0 Å². The number of halogens is 1. The summed E-state index contributed by atoms with van der Waals surface area (Å²) < 4.78 is 1.87. The molecule has 0 aliphatic carbocycles. The number of nitrogens with one attached hydrogen (secondary N) is 1. The lowest BCUT2D eigenvalue weighted by molar-refractivity contribution is -0.385. The van der Waals surface area contributed by atoms with Gasteiger partial charge in [-0.25, -0.2) is 5.43 Å². The number of thioether (sulfide) groups is 1. The summed E-state index contributed by atoms with van der Waals surface area (Å²) in [7, 11) is 0. The summed E-state index contributed by atoms with van der Waals surface area (Å²) >= 11 is 7.29. The molecule has 1 amide bonds. The molecule has 0 atom stereocenters. The lowest BCUT2D eigenvalue weighted by Gasteiger charge is -2.10. The van der Waals surface area contributed by atoms with Gasteiger partial charge in [0.15, 0.2) is 11.0 Å². The normalized spacial score (nSPS) is 11.3. The fourth-order valence-electron chi connectivity index (χ4n) is 3.33. The Morgan fingerprint density at radius 3 is 2.57 bits per heavy atom. The Labute approximate surface area is 222 Å². The Balaban J connectivity index is 1.44. The minimum absolute atomic E-state index is 0.0117. The first-order valence-corrected chi connectivity index (χ1v) is 12.4. The molecule has 0 aliphatic heterocycles. The van der Waals surface area contributed by atoms with E-state index in [1.54, 1.807) is 36.4 Å². The standard InChI is InChI=1S/C26H21ClN6O3S/c1-18-8-10-20(11-9-18)25-30-31-26(32(25)22-14-12-21(27)13-15-22)37-17-24(34)29-28-16-4-6-19-5-2-3-7-23(19)33(35)36/h2-16H,17H2,1H3,(H,29,34). The third kappa shape index (κ3) is 6.69. The van der Waals surface area contributed by atoms with E-state index in [-0.39, 0.29) is 17.3 Å². The monoisotopic (exact) mass is 532 g/mol. The highest BCUT2D eigenvalue weighted by molar-refractivity contribution is 7.99. The molecule has 1 heterocycles. The van der Waals surface area contributed by atoms with Gasteiger partial charge in [-0.15, -0.1) is 10.2 Å². The second kappa shape index (κ2) is 12.1. The van der Waals surface area contributed by atoms with Crippen molar-refractivity contribution in [2.75, 3.05) is 5.75 Å². The van der Waals surface area contributed by atoms with E-state index in [4.69, 9.17) is 11.6 Å². The van der Waals surface area contributed by atoms with Crippen LogP contribution in [-0.4, -0.2) is 37.6 Å². The highest BCUT2D eigenvalue weighted by atomic mass is 35.5. The Morgan fingerprint density at radius 1 is 1.11 bits per heavy atom. The van der Waals surface area contributed by atoms with Crippen molar-refractivity contribution in [3.63, 3.8) is 0 Å². The molecule has 4 rings (SSSR count). The van der Waals surface area contributed by atoms with Crippen molar-refractivity contribution in [1.29, 1.82) is 0 Å². The van der Waals surface area contributed by atoms with E-state index in [1.807, 2.05) is 47.9 Å². The summed E-state index contributed by atoms with van der Waals surface area (Å²) in [6.45, 7) is 2.01. The Kier molecular flexibility index (Phi) is 8.44. The number of carbonyl (C=O) groups is 1. The van der Waals surface area contributed by atoms with Gasteiger partial charge in [-0.1, -0.05) is 65.3 Å². The number of rotatable bonds is 9. The predicted molar refractivity (Wildman–Crippen MR) is 146 cm³/mol. The molecule has 11 heteroatoms. The van der Waals surface area contributed by atoms with Gasteiger partial charge in [0.05, 0.1) is 16.2 Å². The lowest BCUT2D eigenvalue weighted by Crippen LogP contribution is -2.19. The Morgan fingerprint density at radius 2 is 1.84 bits per heavy atom. The number of benzene rings is 3. The first kappa shape index (κ1) is 25.8. The molecular weight excluding hydrogens is 512 g/mol. The number of nitro benzene ring substituents is 1.